The molecule has 9 nitrogen and oxygen atoms in total. The molecule has 30 heavy (non-hydrogen) atoms. The number of aryl methyl sites for hydroxylation is 2. The minimum atomic E-state index is -3.69. The molecule has 0 saturated carbocycles. The SMILES string of the molecule is Cc1noc(C)c1S(=O)(=O)N1CCCN(Cc2cc(=O)oc3cc(O)ccc23)CC1. The largest absolute Gasteiger partial charge is 0.508 e. The van der Waals surface area contributed by atoms with Crippen LogP contribution in [0.15, 0.2) is 42.9 Å². The second-order valence-corrected chi connectivity index (χ2v) is 9.33. The van der Waals surface area contributed by atoms with Crippen LogP contribution in [0.1, 0.15) is 23.4 Å². The number of phenols is 1. The van der Waals surface area contributed by atoms with E-state index in [4.69, 9.17) is 8.94 Å². The van der Waals surface area contributed by atoms with E-state index in [-0.39, 0.29) is 10.6 Å². The first-order valence-corrected chi connectivity index (χ1v) is 11.1. The molecule has 1 N–H and O–H groups in total. The molecule has 4 rings (SSSR count). The van der Waals surface area contributed by atoms with Crippen molar-refractivity contribution in [3.63, 3.8) is 0 Å². The van der Waals surface area contributed by atoms with Crippen molar-refractivity contribution < 1.29 is 22.5 Å². The standard InChI is InChI=1S/C20H23N3O6S/c1-13-20(14(2)29-21-13)30(26,27)23-7-3-6-22(8-9-23)12-15-10-19(25)28-18-11-16(24)4-5-17(15)18/h4-5,10-11,24H,3,6-9,12H2,1-2H3. The lowest BCUT2D eigenvalue weighted by molar-refractivity contribution is 0.279. The second-order valence-electron chi connectivity index (χ2n) is 7.46. The van der Waals surface area contributed by atoms with Crippen LogP contribution < -0.4 is 5.63 Å². The van der Waals surface area contributed by atoms with Gasteiger partial charge in [-0.05, 0) is 44.5 Å². The summed E-state index contributed by atoms with van der Waals surface area (Å²) in [5.41, 5.74) is 0.984. The van der Waals surface area contributed by atoms with Gasteiger partial charge in [-0.25, -0.2) is 13.2 Å². The van der Waals surface area contributed by atoms with Crippen molar-refractivity contribution in [3.8, 4) is 5.75 Å². The Morgan fingerprint density at radius 2 is 1.93 bits per heavy atom. The Bertz CT molecular complexity index is 1230. The highest BCUT2D eigenvalue weighted by atomic mass is 32.2. The van der Waals surface area contributed by atoms with Crippen molar-refractivity contribution >= 4 is 21.0 Å². The van der Waals surface area contributed by atoms with Gasteiger partial charge in [-0.15, -0.1) is 0 Å². The number of hydrogen-bond donors (Lipinski definition) is 1. The highest BCUT2D eigenvalue weighted by Crippen LogP contribution is 2.26. The van der Waals surface area contributed by atoms with Crippen LogP contribution in [-0.2, 0) is 16.6 Å². The van der Waals surface area contributed by atoms with E-state index in [1.165, 1.54) is 16.4 Å². The van der Waals surface area contributed by atoms with E-state index in [9.17, 15) is 18.3 Å². The monoisotopic (exact) mass is 433 g/mol. The highest BCUT2D eigenvalue weighted by molar-refractivity contribution is 7.89. The number of aromatic hydroxyl groups is 1. The zero-order valence-electron chi connectivity index (χ0n) is 16.8. The van der Waals surface area contributed by atoms with Crippen molar-refractivity contribution in [2.24, 2.45) is 0 Å². The fraction of sp³-hybridized carbons (Fsp3) is 0.400. The summed E-state index contributed by atoms with van der Waals surface area (Å²) >= 11 is 0. The Morgan fingerprint density at radius 3 is 2.67 bits per heavy atom. The molecule has 0 atom stereocenters. The number of phenolic OH excluding ortho intramolecular Hbond substituents is 1. The molecular formula is C20H23N3O6S. The molecular weight excluding hydrogens is 410 g/mol. The van der Waals surface area contributed by atoms with Crippen molar-refractivity contribution in [3.05, 3.63) is 51.7 Å². The van der Waals surface area contributed by atoms with Crippen molar-refractivity contribution in [2.75, 3.05) is 26.2 Å². The molecule has 0 amide bonds. The Labute approximate surface area is 173 Å². The van der Waals surface area contributed by atoms with Crippen molar-refractivity contribution in [1.82, 2.24) is 14.4 Å². The molecule has 1 aromatic carbocycles. The maximum atomic E-state index is 13.1. The highest BCUT2D eigenvalue weighted by Gasteiger charge is 2.32. The quantitative estimate of drug-likeness (QED) is 0.621. The van der Waals surface area contributed by atoms with Crippen LogP contribution in [0.25, 0.3) is 11.0 Å². The van der Waals surface area contributed by atoms with Crippen LogP contribution in [-0.4, -0.2) is 54.1 Å². The lowest BCUT2D eigenvalue weighted by Gasteiger charge is -2.22. The van der Waals surface area contributed by atoms with Crippen molar-refractivity contribution in [1.29, 1.82) is 0 Å². The number of sulfonamides is 1. The van der Waals surface area contributed by atoms with E-state index in [0.717, 1.165) is 10.9 Å². The fourth-order valence-electron chi connectivity index (χ4n) is 3.91. The lowest BCUT2D eigenvalue weighted by Crippen LogP contribution is -2.35. The molecule has 0 spiro atoms. The second kappa shape index (κ2) is 7.86. The molecule has 0 radical (unpaired) electrons. The van der Waals surface area contributed by atoms with Gasteiger partial charge < -0.3 is 14.0 Å². The molecule has 1 saturated heterocycles. The van der Waals surface area contributed by atoms with Crippen LogP contribution in [0.3, 0.4) is 0 Å². The zero-order chi connectivity index (χ0) is 21.5. The number of rotatable bonds is 4. The van der Waals surface area contributed by atoms with E-state index in [1.807, 2.05) is 0 Å². The molecule has 160 valence electrons. The normalized spacial score (nSPS) is 16.7. The summed E-state index contributed by atoms with van der Waals surface area (Å²) in [4.78, 5) is 14.2. The van der Waals surface area contributed by atoms with Crippen LogP contribution in [0.4, 0.5) is 0 Å². The Morgan fingerprint density at radius 1 is 1.13 bits per heavy atom. The van der Waals surface area contributed by atoms with Gasteiger partial charge in [-0.1, -0.05) is 5.16 Å². The first-order chi connectivity index (χ1) is 14.3. The molecule has 1 aliphatic heterocycles. The summed E-state index contributed by atoms with van der Waals surface area (Å²) in [5.74, 6) is 0.317. The first-order valence-electron chi connectivity index (χ1n) is 9.67. The van der Waals surface area contributed by atoms with Gasteiger partial charge in [0.2, 0.25) is 10.0 Å². The topological polar surface area (TPSA) is 117 Å². The predicted octanol–water partition coefficient (Wildman–Crippen LogP) is 2.00. The Balaban J connectivity index is 1.55. The van der Waals surface area contributed by atoms with Gasteiger partial charge >= 0.3 is 5.63 Å². The minimum Gasteiger partial charge on any atom is -0.508 e. The summed E-state index contributed by atoms with van der Waals surface area (Å²) in [6.45, 7) is 5.63. The van der Waals surface area contributed by atoms with Gasteiger partial charge in [0.25, 0.3) is 0 Å². The third-order valence-electron chi connectivity index (χ3n) is 5.32. The van der Waals surface area contributed by atoms with Gasteiger partial charge in [0.15, 0.2) is 5.76 Å². The zero-order valence-corrected chi connectivity index (χ0v) is 17.6. The van der Waals surface area contributed by atoms with Gasteiger partial charge in [-0.3, -0.25) is 4.90 Å². The van der Waals surface area contributed by atoms with Gasteiger partial charge in [0, 0.05) is 43.7 Å². The van der Waals surface area contributed by atoms with E-state index in [1.54, 1.807) is 26.0 Å². The van der Waals surface area contributed by atoms with E-state index >= 15 is 0 Å². The molecule has 3 aromatic rings. The summed E-state index contributed by atoms with van der Waals surface area (Å²) in [6, 6.07) is 6.13. The summed E-state index contributed by atoms with van der Waals surface area (Å²) < 4.78 is 37.9. The van der Waals surface area contributed by atoms with Crippen molar-refractivity contribution in [2.45, 2.75) is 31.7 Å². The van der Waals surface area contributed by atoms with Gasteiger partial charge in [-0.2, -0.15) is 4.31 Å². The molecule has 2 aromatic heterocycles. The first kappa shape index (κ1) is 20.6. The molecule has 0 aliphatic carbocycles. The number of aromatic nitrogens is 1. The number of nitrogens with zero attached hydrogens (tertiary/aromatic N) is 3. The Kier molecular flexibility index (Phi) is 5.39. The number of benzene rings is 1. The number of hydrogen-bond acceptors (Lipinski definition) is 8. The third-order valence-corrected chi connectivity index (χ3v) is 7.46. The average molecular weight is 433 g/mol. The molecule has 1 aliphatic rings. The molecule has 1 fully saturated rings. The van der Waals surface area contributed by atoms with Crippen LogP contribution in [0, 0.1) is 13.8 Å². The maximum absolute atomic E-state index is 13.1. The number of fused-ring (bicyclic) bond motifs is 1. The summed E-state index contributed by atoms with van der Waals surface area (Å²) in [7, 11) is -3.69. The Hall–Kier alpha value is -2.69. The smallest absolute Gasteiger partial charge is 0.336 e. The van der Waals surface area contributed by atoms with Gasteiger partial charge in [0.1, 0.15) is 21.9 Å². The molecule has 10 heteroatoms. The summed E-state index contributed by atoms with van der Waals surface area (Å²) in [5, 5.41) is 14.2. The lowest BCUT2D eigenvalue weighted by atomic mass is 10.1. The van der Waals surface area contributed by atoms with E-state index in [0.29, 0.717) is 56.2 Å². The average Bonchev–Trinajstić information content (AvgIpc) is 2.87. The maximum Gasteiger partial charge on any atom is 0.336 e. The molecule has 0 bridgehead atoms. The molecule has 3 heterocycles. The predicted molar refractivity (Wildman–Crippen MR) is 109 cm³/mol. The minimum absolute atomic E-state index is 0.0257. The van der Waals surface area contributed by atoms with E-state index < -0.39 is 15.6 Å². The molecule has 0 unspecified atom stereocenters. The van der Waals surface area contributed by atoms with Gasteiger partial charge in [0.05, 0.1) is 0 Å². The van der Waals surface area contributed by atoms with Crippen LogP contribution >= 0.6 is 0 Å². The van der Waals surface area contributed by atoms with Crippen LogP contribution in [0.5, 0.6) is 5.75 Å². The fourth-order valence-corrected chi connectivity index (χ4v) is 5.67. The van der Waals surface area contributed by atoms with Crippen LogP contribution in [0.2, 0.25) is 0 Å². The third kappa shape index (κ3) is 3.85. The van der Waals surface area contributed by atoms with E-state index in [2.05, 4.69) is 10.1 Å². The summed E-state index contributed by atoms with van der Waals surface area (Å²) in [6.07, 6.45) is 0.656.